The van der Waals surface area contributed by atoms with E-state index >= 15 is 0 Å². The van der Waals surface area contributed by atoms with E-state index in [9.17, 15) is 4.79 Å². The zero-order valence-corrected chi connectivity index (χ0v) is 4.79. The van der Waals surface area contributed by atoms with Crippen molar-refractivity contribution in [3.05, 3.63) is 0 Å². The SMILES string of the molecule is N=CC(=O)OCC1CO1. The Labute approximate surface area is 52.3 Å². The molecule has 1 unspecified atom stereocenters. The third-order valence-electron chi connectivity index (χ3n) is 0.932. The van der Waals surface area contributed by atoms with Crippen molar-refractivity contribution in [3.63, 3.8) is 0 Å². The predicted molar refractivity (Wildman–Crippen MR) is 29.5 cm³/mol. The molecule has 1 rings (SSSR count). The van der Waals surface area contributed by atoms with E-state index in [1.54, 1.807) is 0 Å². The molecule has 0 bridgehead atoms. The minimum atomic E-state index is -0.606. The van der Waals surface area contributed by atoms with Gasteiger partial charge in [0, 0.05) is 0 Å². The molecule has 1 atom stereocenters. The highest BCUT2D eigenvalue weighted by Crippen LogP contribution is 2.07. The van der Waals surface area contributed by atoms with Crippen molar-refractivity contribution in [1.29, 1.82) is 5.41 Å². The molecule has 4 nitrogen and oxygen atoms in total. The van der Waals surface area contributed by atoms with Gasteiger partial charge in [-0.05, 0) is 0 Å². The number of carbonyl (C=O) groups is 1. The van der Waals surface area contributed by atoms with Crippen LogP contribution in [0, 0.1) is 5.41 Å². The second-order valence-corrected chi connectivity index (χ2v) is 1.73. The molecule has 0 aromatic carbocycles. The van der Waals surface area contributed by atoms with Crippen LogP contribution < -0.4 is 0 Å². The largest absolute Gasteiger partial charge is 0.459 e. The first kappa shape index (κ1) is 6.22. The molecule has 0 amide bonds. The summed E-state index contributed by atoms with van der Waals surface area (Å²) < 4.78 is 9.26. The molecule has 1 heterocycles. The lowest BCUT2D eigenvalue weighted by molar-refractivity contribution is -0.135. The second kappa shape index (κ2) is 2.59. The zero-order chi connectivity index (χ0) is 6.69. The maximum atomic E-state index is 10.2. The highest BCUT2D eigenvalue weighted by molar-refractivity contribution is 6.21. The maximum Gasteiger partial charge on any atom is 0.348 e. The van der Waals surface area contributed by atoms with Crippen LogP contribution >= 0.6 is 0 Å². The fourth-order valence-corrected chi connectivity index (χ4v) is 0.381. The quantitative estimate of drug-likeness (QED) is 0.319. The third-order valence-corrected chi connectivity index (χ3v) is 0.932. The first-order valence-electron chi connectivity index (χ1n) is 2.62. The highest BCUT2D eigenvalue weighted by Gasteiger charge is 2.23. The van der Waals surface area contributed by atoms with E-state index < -0.39 is 5.97 Å². The molecule has 9 heavy (non-hydrogen) atoms. The van der Waals surface area contributed by atoms with Crippen LogP contribution in [0.4, 0.5) is 0 Å². The normalized spacial score (nSPS) is 22.9. The Bertz CT molecular complexity index is 130. The van der Waals surface area contributed by atoms with Crippen LogP contribution in [0.25, 0.3) is 0 Å². The molecule has 1 N–H and O–H groups in total. The van der Waals surface area contributed by atoms with Gasteiger partial charge >= 0.3 is 5.97 Å². The lowest BCUT2D eigenvalue weighted by Crippen LogP contribution is -2.09. The van der Waals surface area contributed by atoms with E-state index in [1.807, 2.05) is 0 Å². The molecular weight excluding hydrogens is 122 g/mol. The van der Waals surface area contributed by atoms with E-state index in [0.29, 0.717) is 12.8 Å². The molecule has 0 aromatic heterocycles. The smallest absolute Gasteiger partial charge is 0.348 e. The van der Waals surface area contributed by atoms with Gasteiger partial charge in [-0.2, -0.15) is 0 Å². The van der Waals surface area contributed by atoms with Gasteiger partial charge in [0.15, 0.2) is 0 Å². The molecule has 1 fully saturated rings. The fourth-order valence-electron chi connectivity index (χ4n) is 0.381. The van der Waals surface area contributed by atoms with Gasteiger partial charge in [0.1, 0.15) is 18.9 Å². The summed E-state index contributed by atoms with van der Waals surface area (Å²) in [5.41, 5.74) is 0. The summed E-state index contributed by atoms with van der Waals surface area (Å²) in [6, 6.07) is 0. The summed E-state index contributed by atoms with van der Waals surface area (Å²) in [6.07, 6.45) is 0.733. The molecule has 0 radical (unpaired) electrons. The number of epoxide rings is 1. The molecule has 1 saturated heterocycles. The van der Waals surface area contributed by atoms with E-state index in [-0.39, 0.29) is 12.7 Å². The van der Waals surface area contributed by atoms with Crippen molar-refractivity contribution in [2.45, 2.75) is 6.10 Å². The average Bonchev–Trinajstić information content (AvgIpc) is 2.65. The molecule has 1 aliphatic rings. The Hall–Kier alpha value is -0.900. The minimum Gasteiger partial charge on any atom is -0.459 e. The van der Waals surface area contributed by atoms with Gasteiger partial charge in [-0.25, -0.2) is 4.79 Å². The van der Waals surface area contributed by atoms with Crippen LogP contribution in [0.1, 0.15) is 0 Å². The van der Waals surface area contributed by atoms with E-state index in [4.69, 9.17) is 10.1 Å². The Balaban J connectivity index is 2.02. The van der Waals surface area contributed by atoms with E-state index in [1.165, 1.54) is 0 Å². The minimum absolute atomic E-state index is 0.0916. The van der Waals surface area contributed by atoms with Crippen LogP contribution in [0.3, 0.4) is 0 Å². The molecular formula is C5H7NO3. The number of hydrogen-bond acceptors (Lipinski definition) is 4. The summed E-state index contributed by atoms with van der Waals surface area (Å²) in [6.45, 7) is 0.958. The standard InChI is InChI=1S/C5H7NO3/c6-1-5(7)9-3-4-2-8-4/h1,4,6H,2-3H2. The first-order valence-corrected chi connectivity index (χ1v) is 2.62. The highest BCUT2D eigenvalue weighted by atomic mass is 16.6. The summed E-state index contributed by atoms with van der Waals surface area (Å²) in [7, 11) is 0. The molecule has 1 aliphatic heterocycles. The van der Waals surface area contributed by atoms with Gasteiger partial charge in [0.05, 0.1) is 6.61 Å². The Kier molecular flexibility index (Phi) is 1.79. The van der Waals surface area contributed by atoms with Crippen LogP contribution in [-0.4, -0.2) is 31.5 Å². The van der Waals surface area contributed by atoms with Crippen LogP contribution in [0.15, 0.2) is 0 Å². The number of carbonyl (C=O) groups excluding carboxylic acids is 1. The summed E-state index contributed by atoms with van der Waals surface area (Å²) in [5.74, 6) is -0.606. The van der Waals surface area contributed by atoms with Crippen LogP contribution in [-0.2, 0) is 14.3 Å². The van der Waals surface area contributed by atoms with Crippen molar-refractivity contribution in [2.75, 3.05) is 13.2 Å². The first-order chi connectivity index (χ1) is 4.33. The van der Waals surface area contributed by atoms with Gasteiger partial charge in [-0.3, -0.25) is 0 Å². The Morgan fingerprint density at radius 2 is 2.67 bits per heavy atom. The van der Waals surface area contributed by atoms with Crippen molar-refractivity contribution >= 4 is 12.2 Å². The van der Waals surface area contributed by atoms with E-state index in [2.05, 4.69) is 4.74 Å². The number of hydrogen-bond donors (Lipinski definition) is 1. The number of esters is 1. The van der Waals surface area contributed by atoms with Crippen molar-refractivity contribution in [3.8, 4) is 0 Å². The number of rotatable bonds is 3. The fraction of sp³-hybridized carbons (Fsp3) is 0.600. The van der Waals surface area contributed by atoms with Crippen molar-refractivity contribution in [1.82, 2.24) is 0 Å². The zero-order valence-electron chi connectivity index (χ0n) is 4.79. The summed E-state index contributed by atoms with van der Waals surface area (Å²) in [5, 5.41) is 6.43. The van der Waals surface area contributed by atoms with Crippen molar-refractivity contribution < 1.29 is 14.3 Å². The predicted octanol–water partition coefficient (Wildman–Crippen LogP) is -0.422. The summed E-state index contributed by atoms with van der Waals surface area (Å²) in [4.78, 5) is 10.2. The lowest BCUT2D eigenvalue weighted by atomic mass is 10.5. The van der Waals surface area contributed by atoms with Gasteiger partial charge in [-0.1, -0.05) is 0 Å². The van der Waals surface area contributed by atoms with Gasteiger partial charge in [0.25, 0.3) is 0 Å². The molecule has 0 aromatic rings. The summed E-state index contributed by atoms with van der Waals surface area (Å²) >= 11 is 0. The monoisotopic (exact) mass is 129 g/mol. The number of ether oxygens (including phenoxy) is 2. The van der Waals surface area contributed by atoms with Crippen LogP contribution in [0.2, 0.25) is 0 Å². The molecule has 0 spiro atoms. The topological polar surface area (TPSA) is 62.7 Å². The second-order valence-electron chi connectivity index (χ2n) is 1.73. The van der Waals surface area contributed by atoms with Gasteiger partial charge in [-0.15, -0.1) is 0 Å². The third kappa shape index (κ3) is 2.23. The van der Waals surface area contributed by atoms with Crippen LogP contribution in [0.5, 0.6) is 0 Å². The molecule has 4 heteroatoms. The Morgan fingerprint density at radius 1 is 2.00 bits per heavy atom. The van der Waals surface area contributed by atoms with Gasteiger partial charge in [0.2, 0.25) is 0 Å². The molecule has 50 valence electrons. The lowest BCUT2D eigenvalue weighted by Gasteiger charge is -1.94. The Morgan fingerprint density at radius 3 is 3.11 bits per heavy atom. The van der Waals surface area contributed by atoms with E-state index in [0.717, 1.165) is 0 Å². The number of nitrogens with one attached hydrogen (secondary N) is 1. The average molecular weight is 129 g/mol. The van der Waals surface area contributed by atoms with Gasteiger partial charge < -0.3 is 14.9 Å². The van der Waals surface area contributed by atoms with Crippen molar-refractivity contribution in [2.24, 2.45) is 0 Å². The maximum absolute atomic E-state index is 10.2. The molecule has 0 saturated carbocycles. The molecule has 0 aliphatic carbocycles.